The normalized spacial score (nSPS) is 12.9. The Morgan fingerprint density at radius 3 is 2.50 bits per heavy atom. The summed E-state index contributed by atoms with van der Waals surface area (Å²) in [5, 5.41) is 14.7. The van der Waals surface area contributed by atoms with Gasteiger partial charge in [0.2, 0.25) is 5.91 Å². The summed E-state index contributed by atoms with van der Waals surface area (Å²) in [6.45, 7) is 3.26. The third-order valence-electron chi connectivity index (χ3n) is 4.50. The summed E-state index contributed by atoms with van der Waals surface area (Å²) < 4.78 is 5.50. The molecule has 0 aliphatic heterocycles. The zero-order valence-corrected chi connectivity index (χ0v) is 15.7. The van der Waals surface area contributed by atoms with Crippen LogP contribution in [-0.2, 0) is 9.59 Å². The number of aryl methyl sites for hydroxylation is 2. The van der Waals surface area contributed by atoms with Crippen LogP contribution < -0.4 is 15.4 Å². The van der Waals surface area contributed by atoms with Crippen LogP contribution >= 0.6 is 0 Å². The summed E-state index contributed by atoms with van der Waals surface area (Å²) in [5.74, 6) is -0.900. The van der Waals surface area contributed by atoms with E-state index in [1.54, 1.807) is 44.2 Å². The fraction of sp³-hybridized carbons (Fsp3) is 0.286. The number of anilines is 2. The van der Waals surface area contributed by atoms with Gasteiger partial charge in [-0.3, -0.25) is 9.59 Å². The SMILES string of the molecule is Cc1cc(C)c(C(=O)O)cc1NC(=O)COc1cccc(NC(=O)C2CC2)c1. The lowest BCUT2D eigenvalue weighted by Gasteiger charge is -2.12. The number of nitrogens with one attached hydrogen (secondary N) is 2. The standard InChI is InChI=1S/C21H22N2O5/c1-12-8-13(2)18(10-17(12)21(26)27)23-19(24)11-28-16-5-3-4-15(9-16)22-20(25)14-6-7-14/h3-5,8-10,14H,6-7,11H2,1-2H3,(H,22,25)(H,23,24)(H,26,27). The van der Waals surface area contributed by atoms with Gasteiger partial charge in [-0.15, -0.1) is 0 Å². The van der Waals surface area contributed by atoms with Crippen molar-refractivity contribution in [3.63, 3.8) is 0 Å². The van der Waals surface area contributed by atoms with Crippen LogP contribution in [0.2, 0.25) is 0 Å². The number of benzene rings is 2. The molecule has 1 saturated carbocycles. The zero-order chi connectivity index (χ0) is 20.3. The largest absolute Gasteiger partial charge is 0.484 e. The van der Waals surface area contributed by atoms with Crippen molar-refractivity contribution in [2.45, 2.75) is 26.7 Å². The highest BCUT2D eigenvalue weighted by molar-refractivity contribution is 5.96. The molecule has 0 saturated heterocycles. The molecule has 7 nitrogen and oxygen atoms in total. The third-order valence-corrected chi connectivity index (χ3v) is 4.50. The number of carbonyl (C=O) groups excluding carboxylic acids is 2. The van der Waals surface area contributed by atoms with Crippen LogP contribution in [0.25, 0.3) is 0 Å². The number of ether oxygens (including phenoxy) is 1. The van der Waals surface area contributed by atoms with E-state index in [1.807, 2.05) is 0 Å². The van der Waals surface area contributed by atoms with Gasteiger partial charge in [0.1, 0.15) is 5.75 Å². The molecule has 0 atom stereocenters. The van der Waals surface area contributed by atoms with Crippen LogP contribution in [0.3, 0.4) is 0 Å². The van der Waals surface area contributed by atoms with Crippen molar-refractivity contribution < 1.29 is 24.2 Å². The Hall–Kier alpha value is -3.35. The molecule has 146 valence electrons. The van der Waals surface area contributed by atoms with Gasteiger partial charge in [-0.2, -0.15) is 0 Å². The number of rotatable bonds is 7. The van der Waals surface area contributed by atoms with E-state index in [-0.39, 0.29) is 24.0 Å². The fourth-order valence-electron chi connectivity index (χ4n) is 2.81. The number of aromatic carboxylic acids is 1. The molecule has 1 fully saturated rings. The van der Waals surface area contributed by atoms with Gasteiger partial charge >= 0.3 is 5.97 Å². The molecule has 0 aromatic heterocycles. The van der Waals surface area contributed by atoms with E-state index >= 15 is 0 Å². The molecule has 0 bridgehead atoms. The van der Waals surface area contributed by atoms with E-state index in [1.165, 1.54) is 6.07 Å². The molecule has 0 unspecified atom stereocenters. The Bertz CT molecular complexity index is 934. The first-order chi connectivity index (χ1) is 13.3. The van der Waals surface area contributed by atoms with Crippen LogP contribution in [0.4, 0.5) is 11.4 Å². The predicted octanol–water partition coefficient (Wildman–Crippen LogP) is 3.37. The Morgan fingerprint density at radius 1 is 1.07 bits per heavy atom. The van der Waals surface area contributed by atoms with Crippen LogP contribution in [0.5, 0.6) is 5.75 Å². The van der Waals surface area contributed by atoms with Crippen molar-refractivity contribution in [3.8, 4) is 5.75 Å². The number of carboxylic acids is 1. The van der Waals surface area contributed by atoms with Gasteiger partial charge < -0.3 is 20.5 Å². The van der Waals surface area contributed by atoms with Crippen LogP contribution in [0.1, 0.15) is 34.3 Å². The van der Waals surface area contributed by atoms with Gasteiger partial charge in [0.25, 0.3) is 5.91 Å². The first kappa shape index (κ1) is 19.4. The second kappa shape index (κ2) is 8.12. The summed E-state index contributed by atoms with van der Waals surface area (Å²) in [6.07, 6.45) is 1.84. The highest BCUT2D eigenvalue weighted by atomic mass is 16.5. The molecule has 2 aromatic carbocycles. The lowest BCUT2D eigenvalue weighted by molar-refractivity contribution is -0.118. The van der Waals surface area contributed by atoms with E-state index in [4.69, 9.17) is 4.74 Å². The number of hydrogen-bond acceptors (Lipinski definition) is 4. The number of carbonyl (C=O) groups is 3. The van der Waals surface area contributed by atoms with Gasteiger partial charge in [0, 0.05) is 23.4 Å². The Morgan fingerprint density at radius 2 is 1.82 bits per heavy atom. The van der Waals surface area contributed by atoms with E-state index in [0.717, 1.165) is 18.4 Å². The molecule has 1 aliphatic carbocycles. The molecule has 2 amide bonds. The second-order valence-corrected chi connectivity index (χ2v) is 6.92. The van der Waals surface area contributed by atoms with Gasteiger partial charge in [-0.1, -0.05) is 12.1 Å². The van der Waals surface area contributed by atoms with Gasteiger partial charge in [0.05, 0.1) is 5.56 Å². The average molecular weight is 382 g/mol. The van der Waals surface area contributed by atoms with Crippen molar-refractivity contribution in [2.24, 2.45) is 5.92 Å². The molecular weight excluding hydrogens is 360 g/mol. The number of amides is 2. The lowest BCUT2D eigenvalue weighted by Crippen LogP contribution is -2.21. The van der Waals surface area contributed by atoms with E-state index in [2.05, 4.69) is 10.6 Å². The Kier molecular flexibility index (Phi) is 5.63. The summed E-state index contributed by atoms with van der Waals surface area (Å²) >= 11 is 0. The van der Waals surface area contributed by atoms with Crippen LogP contribution in [0, 0.1) is 19.8 Å². The lowest BCUT2D eigenvalue weighted by atomic mass is 10.0. The topological polar surface area (TPSA) is 105 Å². The van der Waals surface area contributed by atoms with Crippen molar-refractivity contribution in [3.05, 3.63) is 53.1 Å². The quantitative estimate of drug-likeness (QED) is 0.681. The van der Waals surface area contributed by atoms with Gasteiger partial charge in [0.15, 0.2) is 6.61 Å². The molecule has 0 heterocycles. The maximum atomic E-state index is 12.2. The molecular formula is C21H22N2O5. The summed E-state index contributed by atoms with van der Waals surface area (Å²) in [4.78, 5) is 35.3. The number of carboxylic acid groups (broad SMARTS) is 1. The molecule has 0 radical (unpaired) electrons. The maximum Gasteiger partial charge on any atom is 0.336 e. The first-order valence-electron chi connectivity index (χ1n) is 9.01. The molecule has 3 N–H and O–H groups in total. The molecule has 2 aromatic rings. The highest BCUT2D eigenvalue weighted by Crippen LogP contribution is 2.30. The van der Waals surface area contributed by atoms with Crippen molar-refractivity contribution >= 4 is 29.2 Å². The van der Waals surface area contributed by atoms with Crippen LogP contribution in [-0.4, -0.2) is 29.5 Å². The molecule has 3 rings (SSSR count). The molecule has 7 heteroatoms. The minimum absolute atomic E-state index is 0.000950. The van der Waals surface area contributed by atoms with Crippen molar-refractivity contribution in [1.82, 2.24) is 0 Å². The third kappa shape index (κ3) is 4.88. The smallest absolute Gasteiger partial charge is 0.336 e. The van der Waals surface area contributed by atoms with E-state index < -0.39 is 11.9 Å². The van der Waals surface area contributed by atoms with Crippen molar-refractivity contribution in [1.29, 1.82) is 0 Å². The second-order valence-electron chi connectivity index (χ2n) is 6.92. The van der Waals surface area contributed by atoms with Crippen LogP contribution in [0.15, 0.2) is 36.4 Å². The molecule has 28 heavy (non-hydrogen) atoms. The Labute approximate surface area is 162 Å². The van der Waals surface area contributed by atoms with E-state index in [0.29, 0.717) is 22.7 Å². The number of hydrogen-bond donors (Lipinski definition) is 3. The maximum absolute atomic E-state index is 12.2. The van der Waals surface area contributed by atoms with Gasteiger partial charge in [-0.05, 0) is 56.0 Å². The average Bonchev–Trinajstić information content (AvgIpc) is 3.47. The predicted molar refractivity (Wildman–Crippen MR) is 105 cm³/mol. The van der Waals surface area contributed by atoms with E-state index in [9.17, 15) is 19.5 Å². The zero-order valence-electron chi connectivity index (χ0n) is 15.7. The molecule has 1 aliphatic rings. The highest BCUT2D eigenvalue weighted by Gasteiger charge is 2.29. The minimum Gasteiger partial charge on any atom is -0.484 e. The summed E-state index contributed by atoms with van der Waals surface area (Å²) in [7, 11) is 0. The molecule has 0 spiro atoms. The fourth-order valence-corrected chi connectivity index (χ4v) is 2.81. The first-order valence-corrected chi connectivity index (χ1v) is 9.01. The summed E-state index contributed by atoms with van der Waals surface area (Å²) in [6, 6.07) is 10.0. The Balaban J connectivity index is 1.59. The minimum atomic E-state index is -1.05. The van der Waals surface area contributed by atoms with Gasteiger partial charge in [-0.25, -0.2) is 4.79 Å². The van der Waals surface area contributed by atoms with Crippen molar-refractivity contribution in [2.75, 3.05) is 17.2 Å². The summed E-state index contributed by atoms with van der Waals surface area (Å²) in [5.41, 5.74) is 2.59. The monoisotopic (exact) mass is 382 g/mol.